The van der Waals surface area contributed by atoms with Crippen LogP contribution in [0.3, 0.4) is 0 Å². The minimum Gasteiger partial charge on any atom is -0.480 e. The van der Waals surface area contributed by atoms with Gasteiger partial charge in [-0.3, -0.25) is 9.59 Å². The van der Waals surface area contributed by atoms with Crippen LogP contribution in [0.25, 0.3) is 0 Å². The summed E-state index contributed by atoms with van der Waals surface area (Å²) in [5, 5.41) is 2.69. The number of hydrogen-bond acceptors (Lipinski definition) is 3. The lowest BCUT2D eigenvalue weighted by molar-refractivity contribution is -0.127. The van der Waals surface area contributed by atoms with Gasteiger partial charge in [0.25, 0.3) is 5.91 Å². The molecule has 0 spiro atoms. The molecule has 18 heavy (non-hydrogen) atoms. The van der Waals surface area contributed by atoms with E-state index in [-0.39, 0.29) is 23.3 Å². The Balaban J connectivity index is 2.78. The number of carbonyl (C=O) groups excluding carboxylic acids is 2. The molecule has 1 aromatic rings. The van der Waals surface area contributed by atoms with E-state index in [9.17, 15) is 14.0 Å². The SMILES string of the molecule is CC(C)NC(=O)C(C)Oc1ccc(F)cc1C=O. The standard InChI is InChI=1S/C13H16FNO3/c1-8(2)15-13(17)9(3)18-12-5-4-11(14)6-10(12)7-16/h4-9H,1-3H3,(H,15,17). The van der Waals surface area contributed by atoms with E-state index in [1.54, 1.807) is 6.92 Å². The van der Waals surface area contributed by atoms with Gasteiger partial charge in [-0.05, 0) is 39.0 Å². The Morgan fingerprint density at radius 3 is 2.61 bits per heavy atom. The minimum atomic E-state index is -0.753. The molecule has 0 aliphatic carbocycles. The molecule has 5 heteroatoms. The topological polar surface area (TPSA) is 55.4 Å². The monoisotopic (exact) mass is 253 g/mol. The summed E-state index contributed by atoms with van der Waals surface area (Å²) >= 11 is 0. The molecule has 1 amide bonds. The van der Waals surface area contributed by atoms with E-state index in [2.05, 4.69) is 5.32 Å². The lowest BCUT2D eigenvalue weighted by Crippen LogP contribution is -2.40. The summed E-state index contributed by atoms with van der Waals surface area (Å²) in [6.45, 7) is 5.23. The molecule has 1 N–H and O–H groups in total. The number of carbonyl (C=O) groups is 2. The molecule has 0 fully saturated rings. The molecule has 0 aliphatic rings. The first-order valence-corrected chi connectivity index (χ1v) is 5.65. The summed E-state index contributed by atoms with van der Waals surface area (Å²) in [4.78, 5) is 22.4. The summed E-state index contributed by atoms with van der Waals surface area (Å²) in [6, 6.07) is 3.57. The van der Waals surface area contributed by atoms with E-state index in [1.807, 2.05) is 13.8 Å². The smallest absolute Gasteiger partial charge is 0.260 e. The zero-order valence-electron chi connectivity index (χ0n) is 10.6. The van der Waals surface area contributed by atoms with Gasteiger partial charge in [0.1, 0.15) is 11.6 Å². The maximum absolute atomic E-state index is 12.9. The van der Waals surface area contributed by atoms with Gasteiger partial charge in [-0.15, -0.1) is 0 Å². The van der Waals surface area contributed by atoms with E-state index >= 15 is 0 Å². The molecule has 0 saturated carbocycles. The largest absolute Gasteiger partial charge is 0.480 e. The van der Waals surface area contributed by atoms with E-state index < -0.39 is 11.9 Å². The number of rotatable bonds is 5. The van der Waals surface area contributed by atoms with Crippen molar-refractivity contribution < 1.29 is 18.7 Å². The van der Waals surface area contributed by atoms with E-state index in [0.717, 1.165) is 6.07 Å². The van der Waals surface area contributed by atoms with Crippen LogP contribution < -0.4 is 10.1 Å². The third kappa shape index (κ3) is 3.84. The third-order valence-corrected chi connectivity index (χ3v) is 2.20. The Labute approximate surface area is 105 Å². The fraction of sp³-hybridized carbons (Fsp3) is 0.385. The molecular weight excluding hydrogens is 237 g/mol. The first kappa shape index (κ1) is 14.2. The van der Waals surface area contributed by atoms with Crippen molar-refractivity contribution >= 4 is 12.2 Å². The van der Waals surface area contributed by atoms with Crippen LogP contribution in [-0.4, -0.2) is 24.3 Å². The Kier molecular flexibility index (Phi) is 4.83. The highest BCUT2D eigenvalue weighted by molar-refractivity contribution is 5.82. The zero-order chi connectivity index (χ0) is 13.7. The molecule has 1 unspecified atom stereocenters. The molecular formula is C13H16FNO3. The van der Waals surface area contributed by atoms with Gasteiger partial charge in [-0.25, -0.2) is 4.39 Å². The van der Waals surface area contributed by atoms with Gasteiger partial charge in [-0.2, -0.15) is 0 Å². The number of ether oxygens (including phenoxy) is 1. The maximum Gasteiger partial charge on any atom is 0.260 e. The quantitative estimate of drug-likeness (QED) is 0.816. The first-order chi connectivity index (χ1) is 8.43. The molecule has 1 aromatic carbocycles. The van der Waals surface area contributed by atoms with E-state index in [0.29, 0.717) is 6.29 Å². The Bertz CT molecular complexity index is 446. The summed E-state index contributed by atoms with van der Waals surface area (Å²) in [7, 11) is 0. The van der Waals surface area contributed by atoms with Crippen molar-refractivity contribution in [2.75, 3.05) is 0 Å². The second-order valence-electron chi connectivity index (χ2n) is 4.22. The summed E-state index contributed by atoms with van der Waals surface area (Å²) in [6.07, 6.45) is -0.262. The predicted octanol–water partition coefficient (Wildman–Crippen LogP) is 1.93. The molecule has 0 saturated heterocycles. The number of halogens is 1. The van der Waals surface area contributed by atoms with Crippen LogP contribution in [0.2, 0.25) is 0 Å². The molecule has 0 bridgehead atoms. The van der Waals surface area contributed by atoms with Gasteiger partial charge in [-0.1, -0.05) is 0 Å². The van der Waals surface area contributed by atoms with Crippen LogP contribution in [0, 0.1) is 5.82 Å². The predicted molar refractivity (Wildman–Crippen MR) is 65.2 cm³/mol. The average Bonchev–Trinajstić information content (AvgIpc) is 2.30. The molecule has 0 aliphatic heterocycles. The van der Waals surface area contributed by atoms with Gasteiger partial charge >= 0.3 is 0 Å². The molecule has 0 aromatic heterocycles. The highest BCUT2D eigenvalue weighted by Gasteiger charge is 2.17. The first-order valence-electron chi connectivity index (χ1n) is 5.65. The van der Waals surface area contributed by atoms with Crippen LogP contribution >= 0.6 is 0 Å². The third-order valence-electron chi connectivity index (χ3n) is 2.20. The van der Waals surface area contributed by atoms with E-state index in [4.69, 9.17) is 4.74 Å². The van der Waals surface area contributed by atoms with Crippen LogP contribution in [0.1, 0.15) is 31.1 Å². The Morgan fingerprint density at radius 2 is 2.06 bits per heavy atom. The highest BCUT2D eigenvalue weighted by Crippen LogP contribution is 2.19. The van der Waals surface area contributed by atoms with Gasteiger partial charge in [0.15, 0.2) is 12.4 Å². The minimum absolute atomic E-state index is 0.00214. The Hall–Kier alpha value is -1.91. The molecule has 4 nitrogen and oxygen atoms in total. The lowest BCUT2D eigenvalue weighted by atomic mass is 10.2. The normalized spacial score (nSPS) is 12.1. The van der Waals surface area contributed by atoms with E-state index in [1.165, 1.54) is 12.1 Å². The Morgan fingerprint density at radius 1 is 1.39 bits per heavy atom. The van der Waals surface area contributed by atoms with Crippen molar-refractivity contribution in [2.45, 2.75) is 32.9 Å². The van der Waals surface area contributed by atoms with Crippen LogP contribution in [0.4, 0.5) is 4.39 Å². The number of hydrogen-bond donors (Lipinski definition) is 1. The van der Waals surface area contributed by atoms with Crippen molar-refractivity contribution in [2.24, 2.45) is 0 Å². The lowest BCUT2D eigenvalue weighted by Gasteiger charge is -2.17. The van der Waals surface area contributed by atoms with Crippen molar-refractivity contribution in [3.8, 4) is 5.75 Å². The van der Waals surface area contributed by atoms with Crippen LogP contribution in [-0.2, 0) is 4.79 Å². The summed E-state index contributed by atoms with van der Waals surface area (Å²) in [5.74, 6) is -0.618. The van der Waals surface area contributed by atoms with Gasteiger partial charge in [0, 0.05) is 6.04 Å². The second kappa shape index (κ2) is 6.14. The number of aldehydes is 1. The number of benzene rings is 1. The van der Waals surface area contributed by atoms with Crippen molar-refractivity contribution in [1.82, 2.24) is 5.32 Å². The second-order valence-corrected chi connectivity index (χ2v) is 4.22. The highest BCUT2D eigenvalue weighted by atomic mass is 19.1. The van der Waals surface area contributed by atoms with Crippen LogP contribution in [0.5, 0.6) is 5.75 Å². The van der Waals surface area contributed by atoms with Crippen molar-refractivity contribution in [1.29, 1.82) is 0 Å². The number of amides is 1. The fourth-order valence-corrected chi connectivity index (χ4v) is 1.36. The van der Waals surface area contributed by atoms with Gasteiger partial charge < -0.3 is 10.1 Å². The van der Waals surface area contributed by atoms with Gasteiger partial charge in [0.05, 0.1) is 5.56 Å². The van der Waals surface area contributed by atoms with Crippen LogP contribution in [0.15, 0.2) is 18.2 Å². The molecule has 1 rings (SSSR count). The molecule has 1 atom stereocenters. The maximum atomic E-state index is 12.9. The fourth-order valence-electron chi connectivity index (χ4n) is 1.36. The molecule has 0 radical (unpaired) electrons. The number of nitrogens with one attached hydrogen (secondary N) is 1. The van der Waals surface area contributed by atoms with Gasteiger partial charge in [0.2, 0.25) is 0 Å². The molecule has 0 heterocycles. The zero-order valence-corrected chi connectivity index (χ0v) is 10.6. The van der Waals surface area contributed by atoms with Crippen molar-refractivity contribution in [3.05, 3.63) is 29.6 Å². The summed E-state index contributed by atoms with van der Waals surface area (Å²) < 4.78 is 18.3. The average molecular weight is 253 g/mol. The van der Waals surface area contributed by atoms with Crippen molar-refractivity contribution in [3.63, 3.8) is 0 Å². The summed E-state index contributed by atoms with van der Waals surface area (Å²) in [5.41, 5.74) is 0.0826. The molecule has 98 valence electrons.